The summed E-state index contributed by atoms with van der Waals surface area (Å²) >= 11 is 0. The topological polar surface area (TPSA) is 65.1 Å². The van der Waals surface area contributed by atoms with Gasteiger partial charge in [0.15, 0.2) is 6.79 Å². The number of fused-ring (bicyclic) bond motifs is 1. The van der Waals surface area contributed by atoms with Gasteiger partial charge in [-0.2, -0.15) is 13.2 Å². The number of hydrogen-bond donors (Lipinski definition) is 0. The lowest BCUT2D eigenvalue weighted by atomic mass is 9.96. The number of carbonyl (C=O) groups excluding carboxylic acids is 2. The van der Waals surface area contributed by atoms with Gasteiger partial charge in [0, 0.05) is 29.8 Å². The zero-order valence-corrected chi connectivity index (χ0v) is 17.5. The van der Waals surface area contributed by atoms with E-state index in [1.54, 1.807) is 0 Å². The second-order valence-corrected chi connectivity index (χ2v) is 7.91. The van der Waals surface area contributed by atoms with Crippen molar-refractivity contribution in [1.29, 1.82) is 0 Å². The molecular formula is C23H21F4NO5. The summed E-state index contributed by atoms with van der Waals surface area (Å²) in [6, 6.07) is 6.61. The van der Waals surface area contributed by atoms with E-state index in [9.17, 15) is 27.2 Å². The number of carbonyl (C=O) groups is 2. The Morgan fingerprint density at radius 1 is 1.09 bits per heavy atom. The molecule has 0 aromatic heterocycles. The molecule has 1 fully saturated rings. The third-order valence-electron chi connectivity index (χ3n) is 5.70. The van der Waals surface area contributed by atoms with Crippen molar-refractivity contribution in [3.8, 4) is 5.75 Å². The van der Waals surface area contributed by atoms with Crippen LogP contribution < -0.4 is 4.74 Å². The summed E-state index contributed by atoms with van der Waals surface area (Å²) in [7, 11) is 0. The summed E-state index contributed by atoms with van der Waals surface area (Å²) in [5.74, 6) is -1.31. The number of likely N-dealkylation sites (tertiary alicyclic amines) is 1. The van der Waals surface area contributed by atoms with Gasteiger partial charge in [-0.1, -0.05) is 0 Å². The Kier molecular flexibility index (Phi) is 6.55. The third-order valence-corrected chi connectivity index (χ3v) is 5.70. The molecule has 10 heteroatoms. The minimum atomic E-state index is -4.47. The predicted molar refractivity (Wildman–Crippen MR) is 107 cm³/mol. The third kappa shape index (κ3) is 5.27. The van der Waals surface area contributed by atoms with Gasteiger partial charge in [-0.25, -0.2) is 4.39 Å². The van der Waals surface area contributed by atoms with E-state index in [1.165, 1.54) is 17.0 Å². The van der Waals surface area contributed by atoms with Gasteiger partial charge in [0.25, 0.3) is 5.91 Å². The van der Waals surface area contributed by atoms with Crippen LogP contribution in [0.4, 0.5) is 17.6 Å². The summed E-state index contributed by atoms with van der Waals surface area (Å²) in [6.45, 7) is 0.638. The van der Waals surface area contributed by atoms with Gasteiger partial charge in [0.2, 0.25) is 0 Å². The summed E-state index contributed by atoms with van der Waals surface area (Å²) < 4.78 is 67.8. The van der Waals surface area contributed by atoms with Crippen LogP contribution >= 0.6 is 0 Å². The normalized spacial score (nSPS) is 16.7. The largest absolute Gasteiger partial charge is 0.467 e. The van der Waals surface area contributed by atoms with Crippen LogP contribution in [0.2, 0.25) is 0 Å². The highest BCUT2D eigenvalue weighted by atomic mass is 19.4. The van der Waals surface area contributed by atoms with Gasteiger partial charge in [-0.3, -0.25) is 9.59 Å². The molecule has 0 atom stereocenters. The van der Waals surface area contributed by atoms with Crippen molar-refractivity contribution in [1.82, 2.24) is 4.90 Å². The Balaban J connectivity index is 1.30. The maximum atomic E-state index is 13.8. The fourth-order valence-corrected chi connectivity index (χ4v) is 3.93. The van der Waals surface area contributed by atoms with E-state index in [0.29, 0.717) is 29.7 Å². The van der Waals surface area contributed by atoms with Gasteiger partial charge in [-0.15, -0.1) is 0 Å². The molecule has 0 unspecified atom stereocenters. The van der Waals surface area contributed by atoms with Crippen LogP contribution in [0.15, 0.2) is 36.4 Å². The monoisotopic (exact) mass is 467 g/mol. The molecular weight excluding hydrogens is 446 g/mol. The lowest BCUT2D eigenvalue weighted by Gasteiger charge is -2.31. The summed E-state index contributed by atoms with van der Waals surface area (Å²) in [5.41, 5.74) is 0.292. The number of hydrogen-bond acceptors (Lipinski definition) is 5. The van der Waals surface area contributed by atoms with E-state index < -0.39 is 29.4 Å². The molecule has 2 aromatic rings. The minimum absolute atomic E-state index is 0.0327. The van der Waals surface area contributed by atoms with Gasteiger partial charge < -0.3 is 19.1 Å². The Morgan fingerprint density at radius 2 is 1.79 bits per heavy atom. The molecule has 1 saturated heterocycles. The Hall–Kier alpha value is -3.14. The number of amides is 1. The van der Waals surface area contributed by atoms with Crippen molar-refractivity contribution in [2.24, 2.45) is 5.92 Å². The van der Waals surface area contributed by atoms with Crippen molar-refractivity contribution >= 4 is 11.9 Å². The van der Waals surface area contributed by atoms with Crippen LogP contribution in [0.5, 0.6) is 5.75 Å². The van der Waals surface area contributed by atoms with Crippen molar-refractivity contribution in [2.75, 3.05) is 19.9 Å². The molecule has 176 valence electrons. The van der Waals surface area contributed by atoms with E-state index in [1.807, 2.05) is 0 Å². The van der Waals surface area contributed by atoms with Gasteiger partial charge in [0.05, 0.1) is 18.1 Å². The number of nitrogens with zero attached hydrogens (tertiary/aromatic N) is 1. The van der Waals surface area contributed by atoms with Gasteiger partial charge in [-0.05, 0) is 49.2 Å². The maximum absolute atomic E-state index is 13.8. The smallest absolute Gasteiger partial charge is 0.416 e. The number of halogens is 4. The van der Waals surface area contributed by atoms with Gasteiger partial charge >= 0.3 is 12.1 Å². The first-order valence-corrected chi connectivity index (χ1v) is 10.4. The zero-order valence-electron chi connectivity index (χ0n) is 17.5. The first-order valence-electron chi connectivity index (χ1n) is 10.4. The second kappa shape index (κ2) is 9.38. The first-order chi connectivity index (χ1) is 15.7. The first kappa shape index (κ1) is 23.0. The number of alkyl halides is 3. The average molecular weight is 467 g/mol. The second-order valence-electron chi connectivity index (χ2n) is 7.91. The van der Waals surface area contributed by atoms with E-state index in [0.717, 1.165) is 24.3 Å². The molecule has 4 rings (SSSR count). The molecule has 1 amide bonds. The van der Waals surface area contributed by atoms with Crippen molar-refractivity contribution in [3.05, 3.63) is 64.5 Å². The summed E-state index contributed by atoms with van der Waals surface area (Å²) in [5, 5.41) is 0. The van der Waals surface area contributed by atoms with Crippen LogP contribution in [-0.2, 0) is 33.7 Å². The Bertz CT molecular complexity index is 1030. The Labute approximate surface area is 187 Å². The fraction of sp³-hybridized carbons (Fsp3) is 0.391. The number of rotatable bonds is 4. The number of piperidine rings is 1. The highest BCUT2D eigenvalue weighted by molar-refractivity contribution is 5.94. The highest BCUT2D eigenvalue weighted by Gasteiger charge is 2.32. The van der Waals surface area contributed by atoms with Crippen LogP contribution in [0.1, 0.15) is 39.9 Å². The SMILES string of the molecule is O=C(OCc1cc(F)cc2c1OCOC2)C1CCN(C(=O)c2ccc(C(F)(F)F)cc2)CC1. The number of ether oxygens (including phenoxy) is 3. The summed E-state index contributed by atoms with van der Waals surface area (Å²) in [4.78, 5) is 26.6. The Morgan fingerprint density at radius 3 is 2.45 bits per heavy atom. The quantitative estimate of drug-likeness (QED) is 0.496. The highest BCUT2D eigenvalue weighted by Crippen LogP contribution is 2.31. The van der Waals surface area contributed by atoms with Crippen LogP contribution in [0, 0.1) is 11.7 Å². The lowest BCUT2D eigenvalue weighted by Crippen LogP contribution is -2.40. The average Bonchev–Trinajstić information content (AvgIpc) is 2.81. The molecule has 2 aromatic carbocycles. The zero-order chi connectivity index (χ0) is 23.6. The van der Waals surface area contributed by atoms with Crippen LogP contribution in [0.25, 0.3) is 0 Å². The lowest BCUT2D eigenvalue weighted by molar-refractivity contribution is -0.151. The number of benzene rings is 2. The number of esters is 1. The van der Waals surface area contributed by atoms with E-state index >= 15 is 0 Å². The van der Waals surface area contributed by atoms with Crippen LogP contribution in [-0.4, -0.2) is 36.7 Å². The molecule has 0 N–H and O–H groups in total. The van der Waals surface area contributed by atoms with Crippen molar-refractivity contribution in [3.63, 3.8) is 0 Å². The fourth-order valence-electron chi connectivity index (χ4n) is 3.93. The van der Waals surface area contributed by atoms with Gasteiger partial charge in [0.1, 0.15) is 18.2 Å². The maximum Gasteiger partial charge on any atom is 0.416 e. The van der Waals surface area contributed by atoms with E-state index in [4.69, 9.17) is 14.2 Å². The van der Waals surface area contributed by atoms with E-state index in [2.05, 4.69) is 0 Å². The minimum Gasteiger partial charge on any atom is -0.467 e. The summed E-state index contributed by atoms with van der Waals surface area (Å²) in [6.07, 6.45) is -3.75. The molecule has 0 spiro atoms. The standard InChI is InChI=1S/C23H21F4NO5/c24-19-9-16-11-31-13-33-20(16)17(10-19)12-32-22(30)15-5-7-28(8-6-15)21(29)14-1-3-18(4-2-14)23(25,26)27/h1-4,9-10,15H,5-8,11-13H2. The molecule has 6 nitrogen and oxygen atoms in total. The predicted octanol–water partition coefficient (Wildman–Crippen LogP) is 4.31. The molecule has 2 aliphatic heterocycles. The molecule has 33 heavy (non-hydrogen) atoms. The molecule has 2 heterocycles. The van der Waals surface area contributed by atoms with Crippen molar-refractivity contribution < 1.29 is 41.4 Å². The van der Waals surface area contributed by atoms with Crippen LogP contribution in [0.3, 0.4) is 0 Å². The molecule has 0 bridgehead atoms. The molecule has 0 saturated carbocycles. The van der Waals surface area contributed by atoms with Crippen molar-refractivity contribution in [2.45, 2.75) is 32.2 Å². The molecule has 0 radical (unpaired) electrons. The molecule has 0 aliphatic carbocycles. The van der Waals surface area contributed by atoms with E-state index in [-0.39, 0.29) is 44.6 Å². The molecule has 2 aliphatic rings.